The number of carboxylic acids is 1. The number of carbonyl (C=O) groups is 2. The van der Waals surface area contributed by atoms with Crippen molar-refractivity contribution in [3.63, 3.8) is 0 Å². The molecule has 0 atom stereocenters. The summed E-state index contributed by atoms with van der Waals surface area (Å²) in [6, 6.07) is 5.39. The van der Waals surface area contributed by atoms with Gasteiger partial charge < -0.3 is 10.4 Å². The summed E-state index contributed by atoms with van der Waals surface area (Å²) in [6.07, 6.45) is 0. The Morgan fingerprint density at radius 2 is 2.11 bits per heavy atom. The number of hydrogen-bond acceptors (Lipinski definition) is 3. The average molecular weight is 391 g/mol. The molecule has 0 radical (unpaired) electrons. The summed E-state index contributed by atoms with van der Waals surface area (Å²) in [5, 5.41) is 13.0. The summed E-state index contributed by atoms with van der Waals surface area (Å²) in [5.74, 6) is -2.77. The van der Waals surface area contributed by atoms with Crippen molar-refractivity contribution in [2.75, 3.05) is 5.32 Å². The minimum absolute atomic E-state index is 0.0568. The fraction of sp³-hybridized carbons (Fsp3) is 0. The highest BCUT2D eigenvalue weighted by atomic mass is 127. The van der Waals surface area contributed by atoms with Gasteiger partial charge in [-0.15, -0.1) is 11.3 Å². The van der Waals surface area contributed by atoms with E-state index in [1.165, 1.54) is 23.5 Å². The molecule has 0 fully saturated rings. The molecule has 2 aromatic rings. The molecule has 0 unspecified atom stereocenters. The van der Waals surface area contributed by atoms with Crippen LogP contribution in [0.4, 0.5) is 10.1 Å². The van der Waals surface area contributed by atoms with Crippen molar-refractivity contribution in [1.82, 2.24) is 0 Å². The van der Waals surface area contributed by atoms with E-state index in [1.54, 1.807) is 11.4 Å². The predicted molar refractivity (Wildman–Crippen MR) is 78.3 cm³/mol. The van der Waals surface area contributed by atoms with Gasteiger partial charge in [0.2, 0.25) is 0 Å². The van der Waals surface area contributed by atoms with Crippen LogP contribution in [0.2, 0.25) is 0 Å². The highest BCUT2D eigenvalue weighted by molar-refractivity contribution is 14.1. The van der Waals surface area contributed by atoms with Gasteiger partial charge in [0, 0.05) is 5.38 Å². The first-order valence-corrected chi connectivity index (χ1v) is 7.02. The predicted octanol–water partition coefficient (Wildman–Crippen LogP) is 3.44. The van der Waals surface area contributed by atoms with E-state index in [0.717, 1.165) is 8.95 Å². The zero-order chi connectivity index (χ0) is 14.0. The highest BCUT2D eigenvalue weighted by Crippen LogP contribution is 2.22. The SMILES string of the molecule is O=C(Nc1cccc(F)c1C(=O)O)c1csc(I)c1. The summed E-state index contributed by atoms with van der Waals surface area (Å²) in [7, 11) is 0. The molecule has 0 saturated carbocycles. The highest BCUT2D eigenvalue weighted by Gasteiger charge is 2.18. The summed E-state index contributed by atoms with van der Waals surface area (Å²) < 4.78 is 14.4. The third kappa shape index (κ3) is 3.10. The lowest BCUT2D eigenvalue weighted by atomic mass is 10.1. The number of rotatable bonds is 3. The molecule has 1 amide bonds. The van der Waals surface area contributed by atoms with E-state index in [2.05, 4.69) is 27.9 Å². The number of aromatic carboxylic acids is 1. The van der Waals surface area contributed by atoms with Gasteiger partial charge in [-0.3, -0.25) is 4.79 Å². The maximum absolute atomic E-state index is 13.4. The molecule has 19 heavy (non-hydrogen) atoms. The first-order valence-electron chi connectivity index (χ1n) is 5.06. The topological polar surface area (TPSA) is 66.4 Å². The Balaban J connectivity index is 2.31. The van der Waals surface area contributed by atoms with Gasteiger partial charge in [-0.2, -0.15) is 0 Å². The molecule has 7 heteroatoms. The minimum Gasteiger partial charge on any atom is -0.478 e. The maximum atomic E-state index is 13.4. The van der Waals surface area contributed by atoms with Gasteiger partial charge in [-0.05, 0) is 40.8 Å². The third-order valence-corrected chi connectivity index (χ3v) is 4.09. The monoisotopic (exact) mass is 391 g/mol. The van der Waals surface area contributed by atoms with Crippen LogP contribution in [0.1, 0.15) is 20.7 Å². The quantitative estimate of drug-likeness (QED) is 0.788. The van der Waals surface area contributed by atoms with Gasteiger partial charge in [0.25, 0.3) is 5.91 Å². The van der Waals surface area contributed by atoms with Gasteiger partial charge in [-0.1, -0.05) is 6.07 Å². The number of thiophene rings is 1. The van der Waals surface area contributed by atoms with Crippen molar-refractivity contribution in [2.45, 2.75) is 0 Å². The van der Waals surface area contributed by atoms with E-state index in [4.69, 9.17) is 5.11 Å². The van der Waals surface area contributed by atoms with Crippen LogP contribution >= 0.6 is 33.9 Å². The van der Waals surface area contributed by atoms with Crippen LogP contribution in [-0.2, 0) is 0 Å². The Morgan fingerprint density at radius 1 is 1.37 bits per heavy atom. The van der Waals surface area contributed by atoms with Crippen molar-refractivity contribution in [3.05, 3.63) is 49.5 Å². The van der Waals surface area contributed by atoms with Gasteiger partial charge >= 0.3 is 5.97 Å². The average Bonchev–Trinajstić information content (AvgIpc) is 2.75. The van der Waals surface area contributed by atoms with E-state index in [1.807, 2.05) is 0 Å². The number of anilines is 1. The van der Waals surface area contributed by atoms with E-state index in [-0.39, 0.29) is 5.69 Å². The Hall–Kier alpha value is -1.48. The third-order valence-electron chi connectivity index (χ3n) is 2.31. The Kier molecular flexibility index (Phi) is 4.15. The molecule has 2 rings (SSSR count). The molecule has 1 aromatic heterocycles. The first-order chi connectivity index (χ1) is 8.99. The van der Waals surface area contributed by atoms with Gasteiger partial charge in [0.1, 0.15) is 11.4 Å². The molecule has 0 bridgehead atoms. The van der Waals surface area contributed by atoms with Gasteiger partial charge in [-0.25, -0.2) is 9.18 Å². The molecule has 1 aromatic carbocycles. The van der Waals surface area contributed by atoms with Crippen LogP contribution in [0.25, 0.3) is 0 Å². The Morgan fingerprint density at radius 3 is 2.68 bits per heavy atom. The van der Waals surface area contributed by atoms with Crippen LogP contribution in [0, 0.1) is 8.70 Å². The van der Waals surface area contributed by atoms with E-state index < -0.39 is 23.3 Å². The molecule has 98 valence electrons. The fourth-order valence-corrected chi connectivity index (χ4v) is 2.80. The lowest BCUT2D eigenvalue weighted by molar-refractivity contribution is 0.0693. The van der Waals surface area contributed by atoms with E-state index in [9.17, 15) is 14.0 Å². The largest absolute Gasteiger partial charge is 0.478 e. The van der Waals surface area contributed by atoms with Crippen molar-refractivity contribution in [1.29, 1.82) is 0 Å². The fourth-order valence-electron chi connectivity index (χ4n) is 1.47. The number of carboxylic acid groups (broad SMARTS) is 1. The number of amides is 1. The zero-order valence-electron chi connectivity index (χ0n) is 9.31. The molecule has 2 N–H and O–H groups in total. The number of benzene rings is 1. The maximum Gasteiger partial charge on any atom is 0.340 e. The molecule has 0 aliphatic heterocycles. The number of carbonyl (C=O) groups excluding carboxylic acids is 1. The van der Waals surface area contributed by atoms with Crippen LogP contribution in [0.5, 0.6) is 0 Å². The van der Waals surface area contributed by atoms with Crippen LogP contribution in [0.3, 0.4) is 0 Å². The van der Waals surface area contributed by atoms with Crippen molar-refractivity contribution in [3.8, 4) is 0 Å². The smallest absolute Gasteiger partial charge is 0.340 e. The standard InChI is InChI=1S/C12H7FINO3S/c13-7-2-1-3-8(10(7)12(17)18)15-11(16)6-4-9(14)19-5-6/h1-5H,(H,15,16)(H,17,18). The number of hydrogen-bond donors (Lipinski definition) is 2. The minimum atomic E-state index is -1.42. The van der Waals surface area contributed by atoms with Crippen LogP contribution in [0.15, 0.2) is 29.6 Å². The second-order valence-electron chi connectivity index (χ2n) is 3.56. The second kappa shape index (κ2) is 5.66. The lowest BCUT2D eigenvalue weighted by Crippen LogP contribution is -2.15. The Bertz CT molecular complexity index is 656. The normalized spacial score (nSPS) is 10.2. The van der Waals surface area contributed by atoms with Gasteiger partial charge in [0.05, 0.1) is 14.1 Å². The summed E-state index contributed by atoms with van der Waals surface area (Å²) in [6.45, 7) is 0. The van der Waals surface area contributed by atoms with Crippen LogP contribution in [-0.4, -0.2) is 17.0 Å². The first kappa shape index (κ1) is 13.9. The van der Waals surface area contributed by atoms with Crippen molar-refractivity contribution < 1.29 is 19.1 Å². The summed E-state index contributed by atoms with van der Waals surface area (Å²) >= 11 is 3.46. The number of nitrogens with one attached hydrogen (secondary N) is 1. The molecule has 0 saturated heterocycles. The summed E-state index contributed by atoms with van der Waals surface area (Å²) in [4.78, 5) is 22.9. The molecule has 0 aliphatic rings. The molecule has 1 heterocycles. The molecule has 0 spiro atoms. The van der Waals surface area contributed by atoms with Crippen molar-refractivity contribution in [2.24, 2.45) is 0 Å². The lowest BCUT2D eigenvalue weighted by Gasteiger charge is -2.08. The molecular weight excluding hydrogens is 384 g/mol. The second-order valence-corrected chi connectivity index (χ2v) is 6.37. The van der Waals surface area contributed by atoms with Crippen molar-refractivity contribution >= 4 is 51.5 Å². The zero-order valence-corrected chi connectivity index (χ0v) is 12.3. The molecule has 4 nitrogen and oxygen atoms in total. The van der Waals surface area contributed by atoms with Crippen LogP contribution < -0.4 is 5.32 Å². The van der Waals surface area contributed by atoms with Gasteiger partial charge in [0.15, 0.2) is 0 Å². The molecular formula is C12H7FINO3S. The van der Waals surface area contributed by atoms with E-state index >= 15 is 0 Å². The summed E-state index contributed by atoms with van der Waals surface area (Å²) in [5.41, 5.74) is -0.186. The number of halogens is 2. The Labute approximate surface area is 125 Å². The van der Waals surface area contributed by atoms with E-state index in [0.29, 0.717) is 5.56 Å². The molecule has 0 aliphatic carbocycles.